The summed E-state index contributed by atoms with van der Waals surface area (Å²) in [5, 5.41) is 1.08. The minimum absolute atomic E-state index is 0.108. The highest BCUT2D eigenvalue weighted by Crippen LogP contribution is 2.32. The van der Waals surface area contributed by atoms with Crippen molar-refractivity contribution in [2.75, 3.05) is 0 Å². The monoisotopic (exact) mass is 428 g/mol. The fourth-order valence-electron chi connectivity index (χ4n) is 3.99. The van der Waals surface area contributed by atoms with Gasteiger partial charge in [-0.1, -0.05) is 48.5 Å². The fraction of sp³-hybridized carbons (Fsp3) is 0.185. The van der Waals surface area contributed by atoms with E-state index in [1.54, 1.807) is 43.3 Å². The molecule has 1 aromatic heterocycles. The van der Waals surface area contributed by atoms with Gasteiger partial charge in [0.1, 0.15) is 5.82 Å². The number of hydrogen-bond donors (Lipinski definition) is 1. The minimum atomic E-state index is -0.534. The molecular weight excluding hydrogens is 403 g/mol. The standard InChI is InChI=1S/C17H14N2O2.C10H11F/c1-11-15(16(18)20)13-9-5-6-10-14(13)17(21)19(11)12-7-3-2-4-8-12;11-10-3-1-2-9(7-10)6-8-4-5-8/h2-10H,1H3,(H2,18,20);1-3,7-8H,4-6H2. The number of primary amides is 1. The largest absolute Gasteiger partial charge is 0.366 e. The van der Waals surface area contributed by atoms with Crippen molar-refractivity contribution < 1.29 is 9.18 Å². The van der Waals surface area contributed by atoms with Gasteiger partial charge in [0.15, 0.2) is 0 Å². The SMILES string of the molecule is Cc1c(C(N)=O)c2ccccc2c(=O)n1-c1ccccc1.Fc1cccc(CC2CC2)c1. The highest BCUT2D eigenvalue weighted by atomic mass is 19.1. The maximum Gasteiger partial charge on any atom is 0.263 e. The van der Waals surface area contributed by atoms with Crippen LogP contribution >= 0.6 is 0 Å². The third-order valence-electron chi connectivity index (χ3n) is 5.70. The van der Waals surface area contributed by atoms with Crippen LogP contribution in [0.5, 0.6) is 0 Å². The molecule has 4 nitrogen and oxygen atoms in total. The maximum absolute atomic E-state index is 12.7. The molecule has 0 atom stereocenters. The van der Waals surface area contributed by atoms with Gasteiger partial charge in [-0.3, -0.25) is 14.2 Å². The zero-order valence-electron chi connectivity index (χ0n) is 17.9. The highest BCUT2D eigenvalue weighted by Gasteiger charge is 2.21. The molecule has 0 saturated heterocycles. The van der Waals surface area contributed by atoms with Gasteiger partial charge < -0.3 is 5.73 Å². The van der Waals surface area contributed by atoms with Gasteiger partial charge in [-0.15, -0.1) is 0 Å². The van der Waals surface area contributed by atoms with E-state index in [-0.39, 0.29) is 11.4 Å². The Balaban J connectivity index is 0.000000186. The highest BCUT2D eigenvalue weighted by molar-refractivity contribution is 6.07. The molecule has 0 bridgehead atoms. The number of hydrogen-bond acceptors (Lipinski definition) is 2. The van der Waals surface area contributed by atoms with Crippen LogP contribution in [-0.2, 0) is 6.42 Å². The number of benzene rings is 3. The fourth-order valence-corrected chi connectivity index (χ4v) is 3.99. The number of halogens is 1. The Kier molecular flexibility index (Phi) is 6.17. The molecule has 1 aliphatic rings. The molecule has 3 aromatic carbocycles. The van der Waals surface area contributed by atoms with Crippen molar-refractivity contribution in [3.63, 3.8) is 0 Å². The van der Waals surface area contributed by atoms with E-state index in [4.69, 9.17) is 5.73 Å². The van der Waals surface area contributed by atoms with E-state index in [0.29, 0.717) is 27.7 Å². The second-order valence-electron chi connectivity index (χ2n) is 8.12. The Bertz CT molecular complexity index is 1320. The first-order chi connectivity index (χ1) is 15.5. The average molecular weight is 429 g/mol. The number of para-hydroxylation sites is 1. The molecule has 0 aliphatic heterocycles. The van der Waals surface area contributed by atoms with Crippen LogP contribution in [0.1, 0.15) is 34.5 Å². The molecule has 162 valence electrons. The van der Waals surface area contributed by atoms with Crippen molar-refractivity contribution in [2.24, 2.45) is 11.7 Å². The van der Waals surface area contributed by atoms with Gasteiger partial charge in [-0.05, 0) is 68.0 Å². The Morgan fingerprint density at radius 3 is 2.25 bits per heavy atom. The van der Waals surface area contributed by atoms with E-state index in [2.05, 4.69) is 0 Å². The van der Waals surface area contributed by atoms with Crippen LogP contribution in [-0.4, -0.2) is 10.5 Å². The normalized spacial score (nSPS) is 12.8. The van der Waals surface area contributed by atoms with Gasteiger partial charge in [0, 0.05) is 22.2 Å². The molecule has 32 heavy (non-hydrogen) atoms. The molecule has 1 heterocycles. The molecule has 0 unspecified atom stereocenters. The molecule has 2 N–H and O–H groups in total. The topological polar surface area (TPSA) is 65.1 Å². The number of carbonyl (C=O) groups is 1. The third-order valence-corrected chi connectivity index (χ3v) is 5.70. The van der Waals surface area contributed by atoms with Crippen molar-refractivity contribution in [3.8, 4) is 5.69 Å². The quantitative estimate of drug-likeness (QED) is 0.487. The first-order valence-electron chi connectivity index (χ1n) is 10.7. The van der Waals surface area contributed by atoms with Gasteiger partial charge in [-0.25, -0.2) is 4.39 Å². The second-order valence-corrected chi connectivity index (χ2v) is 8.12. The number of amides is 1. The number of rotatable bonds is 4. The lowest BCUT2D eigenvalue weighted by molar-refractivity contribution is 0.100. The molecule has 4 aromatic rings. The molecule has 1 amide bonds. The molecule has 0 spiro atoms. The van der Waals surface area contributed by atoms with Crippen LogP contribution in [0, 0.1) is 18.7 Å². The van der Waals surface area contributed by atoms with Crippen molar-refractivity contribution in [1.29, 1.82) is 0 Å². The first-order valence-corrected chi connectivity index (χ1v) is 10.7. The maximum atomic E-state index is 12.7. The summed E-state index contributed by atoms with van der Waals surface area (Å²) in [6.45, 7) is 1.74. The lowest BCUT2D eigenvalue weighted by Gasteiger charge is -2.15. The Morgan fingerprint density at radius 2 is 1.62 bits per heavy atom. The van der Waals surface area contributed by atoms with E-state index in [1.165, 1.54) is 23.5 Å². The number of nitrogens with two attached hydrogens (primary N) is 1. The van der Waals surface area contributed by atoms with E-state index in [9.17, 15) is 14.0 Å². The van der Waals surface area contributed by atoms with E-state index in [1.807, 2.05) is 36.4 Å². The van der Waals surface area contributed by atoms with Gasteiger partial charge >= 0.3 is 0 Å². The average Bonchev–Trinajstić information content (AvgIpc) is 3.59. The zero-order chi connectivity index (χ0) is 22.7. The summed E-state index contributed by atoms with van der Waals surface area (Å²) in [6, 6.07) is 23.2. The summed E-state index contributed by atoms with van der Waals surface area (Å²) in [7, 11) is 0. The van der Waals surface area contributed by atoms with Crippen molar-refractivity contribution >= 4 is 16.7 Å². The summed E-state index contributed by atoms with van der Waals surface area (Å²) in [4.78, 5) is 24.6. The molecule has 0 radical (unpaired) electrons. The molecule has 1 fully saturated rings. The van der Waals surface area contributed by atoms with Crippen LogP contribution in [0.25, 0.3) is 16.5 Å². The predicted octanol–water partition coefficient (Wildman–Crippen LogP) is 5.18. The molecule has 5 heteroatoms. The number of pyridine rings is 1. The summed E-state index contributed by atoms with van der Waals surface area (Å²) < 4.78 is 14.2. The molecule has 5 rings (SSSR count). The van der Waals surface area contributed by atoms with Gasteiger partial charge in [0.05, 0.1) is 5.56 Å². The lowest BCUT2D eigenvalue weighted by Crippen LogP contribution is -2.26. The van der Waals surface area contributed by atoms with Crippen molar-refractivity contribution in [1.82, 2.24) is 4.57 Å². The molecule has 1 aliphatic carbocycles. The van der Waals surface area contributed by atoms with Gasteiger partial charge in [0.25, 0.3) is 11.5 Å². The van der Waals surface area contributed by atoms with Crippen LogP contribution in [0.4, 0.5) is 4.39 Å². The summed E-state index contributed by atoms with van der Waals surface area (Å²) in [6.07, 6.45) is 3.73. The van der Waals surface area contributed by atoms with Crippen LogP contribution in [0.2, 0.25) is 0 Å². The zero-order valence-corrected chi connectivity index (χ0v) is 17.9. The van der Waals surface area contributed by atoms with Crippen LogP contribution in [0.15, 0.2) is 83.7 Å². The Morgan fingerprint density at radius 1 is 0.969 bits per heavy atom. The Labute approximate surface area is 186 Å². The summed E-state index contributed by atoms with van der Waals surface area (Å²) in [5.74, 6) is 0.202. The number of fused-ring (bicyclic) bond motifs is 1. The van der Waals surface area contributed by atoms with Crippen molar-refractivity contribution in [2.45, 2.75) is 26.2 Å². The number of nitrogens with zero attached hydrogens (tertiary/aromatic N) is 1. The van der Waals surface area contributed by atoms with E-state index in [0.717, 1.165) is 17.9 Å². The van der Waals surface area contributed by atoms with Crippen molar-refractivity contribution in [3.05, 3.63) is 112 Å². The smallest absolute Gasteiger partial charge is 0.263 e. The Hall–Kier alpha value is -3.73. The summed E-state index contributed by atoms with van der Waals surface area (Å²) >= 11 is 0. The third kappa shape index (κ3) is 4.62. The number of aromatic nitrogens is 1. The second kappa shape index (κ2) is 9.18. The van der Waals surface area contributed by atoms with E-state index < -0.39 is 5.91 Å². The predicted molar refractivity (Wildman–Crippen MR) is 126 cm³/mol. The van der Waals surface area contributed by atoms with Crippen LogP contribution < -0.4 is 11.3 Å². The summed E-state index contributed by atoms with van der Waals surface area (Å²) in [5.41, 5.74) is 8.17. The van der Waals surface area contributed by atoms with Crippen LogP contribution in [0.3, 0.4) is 0 Å². The van der Waals surface area contributed by atoms with E-state index >= 15 is 0 Å². The van der Waals surface area contributed by atoms with Gasteiger partial charge in [-0.2, -0.15) is 0 Å². The number of carbonyl (C=O) groups excluding carboxylic acids is 1. The van der Waals surface area contributed by atoms with Gasteiger partial charge in [0.2, 0.25) is 0 Å². The lowest BCUT2D eigenvalue weighted by atomic mass is 10.0. The first kappa shape index (κ1) is 21.5. The molecular formula is C27H25FN2O2. The minimum Gasteiger partial charge on any atom is -0.366 e. The molecule has 1 saturated carbocycles.